The van der Waals surface area contributed by atoms with Crippen LogP contribution in [0.25, 0.3) is 5.00 Å². The molecule has 2 aromatic heterocycles. The lowest BCUT2D eigenvalue weighted by molar-refractivity contribution is -0.134. The topological polar surface area (TPSA) is 142 Å². The third kappa shape index (κ3) is 7.05. The first-order chi connectivity index (χ1) is 25.4. The molecule has 0 spiro atoms. The van der Waals surface area contributed by atoms with E-state index < -0.39 is 12.1 Å². The number of hydrogen-bond acceptors (Lipinski definition) is 9. The Kier molecular flexibility index (Phi) is 10.1. The maximum absolute atomic E-state index is 13.6. The highest BCUT2D eigenvalue weighted by Gasteiger charge is 2.34. The summed E-state index contributed by atoms with van der Waals surface area (Å²) >= 11 is 7.90. The number of carbonyl (C=O) groups is 4. The normalized spacial score (nSPS) is 17.7. The van der Waals surface area contributed by atoms with E-state index in [2.05, 4.69) is 29.4 Å². The number of halogens is 1. The number of thiophene rings is 1. The number of aromatic nitrogens is 3. The molecule has 5 amide bonds. The van der Waals surface area contributed by atoms with Gasteiger partial charge in [-0.25, -0.2) is 4.79 Å². The second-order valence-electron chi connectivity index (χ2n) is 13.7. The summed E-state index contributed by atoms with van der Waals surface area (Å²) in [5.74, 6) is 1.32. The van der Waals surface area contributed by atoms with Gasteiger partial charge in [-0.1, -0.05) is 29.8 Å². The van der Waals surface area contributed by atoms with Crippen molar-refractivity contribution in [2.45, 2.75) is 65.5 Å². The molecule has 5 heterocycles. The van der Waals surface area contributed by atoms with Crippen LogP contribution in [0.3, 0.4) is 0 Å². The van der Waals surface area contributed by atoms with Crippen LogP contribution in [-0.4, -0.2) is 93.4 Å². The van der Waals surface area contributed by atoms with E-state index in [1.165, 1.54) is 11.9 Å². The molecule has 2 aromatic carbocycles. The fourth-order valence-corrected chi connectivity index (χ4v) is 8.47. The van der Waals surface area contributed by atoms with Crippen LogP contribution in [-0.2, 0) is 14.4 Å². The van der Waals surface area contributed by atoms with Gasteiger partial charge in [0.25, 0.3) is 5.91 Å². The molecular formula is C38H41ClN8O5S. The zero-order chi connectivity index (χ0) is 37.6. The highest BCUT2D eigenvalue weighted by atomic mass is 35.5. The van der Waals surface area contributed by atoms with Gasteiger partial charge in [-0.2, -0.15) is 0 Å². The van der Waals surface area contributed by atoms with E-state index in [-0.39, 0.29) is 49.8 Å². The van der Waals surface area contributed by atoms with E-state index in [9.17, 15) is 19.2 Å². The first kappa shape index (κ1) is 36.3. The Morgan fingerprint density at radius 3 is 2.45 bits per heavy atom. The summed E-state index contributed by atoms with van der Waals surface area (Å²) in [6.07, 6.45) is 1.53. The van der Waals surface area contributed by atoms with Gasteiger partial charge >= 0.3 is 6.03 Å². The standard InChI is InChI=1S/C38H41ClN8O5S/c1-21-23(3)53-37-34(21)35(25-9-11-26(39)12-10-25)41-28(36-43-42-24(4)47(36)37)19-31(48)40-27-13-16-45(17-14-27)33(50)20-52-30-8-6-7-29(22(30)2)46-18-15-32(49)44(5)38(46)51/h6-12,27-28H,13-20H2,1-5H3,(H,40,48)/t28-/m0/s1. The molecule has 13 nitrogen and oxygen atoms in total. The summed E-state index contributed by atoms with van der Waals surface area (Å²) in [7, 11) is 1.47. The highest BCUT2D eigenvalue weighted by Crippen LogP contribution is 2.40. The number of fused-ring (bicyclic) bond motifs is 3. The predicted molar refractivity (Wildman–Crippen MR) is 202 cm³/mol. The molecule has 2 fully saturated rings. The molecule has 15 heteroatoms. The van der Waals surface area contributed by atoms with Crippen molar-refractivity contribution < 1.29 is 23.9 Å². The second-order valence-corrected chi connectivity index (χ2v) is 15.3. The summed E-state index contributed by atoms with van der Waals surface area (Å²) in [6, 6.07) is 11.9. The number of piperidine rings is 1. The zero-order valence-corrected chi connectivity index (χ0v) is 31.9. The Labute approximate surface area is 316 Å². The van der Waals surface area contributed by atoms with Crippen LogP contribution in [0.5, 0.6) is 5.75 Å². The molecule has 0 unspecified atom stereocenters. The molecule has 0 saturated carbocycles. The van der Waals surface area contributed by atoms with Gasteiger partial charge in [0.2, 0.25) is 11.8 Å². The molecular weight excluding hydrogens is 716 g/mol. The lowest BCUT2D eigenvalue weighted by atomic mass is 9.99. The lowest BCUT2D eigenvalue weighted by Gasteiger charge is -2.33. The van der Waals surface area contributed by atoms with Crippen molar-refractivity contribution in [2.24, 2.45) is 4.99 Å². The SMILES string of the molecule is Cc1sc2c(c1C)C(c1ccc(Cl)cc1)=N[C@@H](CC(=O)NC1CCN(C(=O)COc3cccc(N4CCC(=O)N(C)C4=O)c3C)CC1)c1nnc(C)n1-2. The van der Waals surface area contributed by atoms with Crippen molar-refractivity contribution in [3.63, 3.8) is 0 Å². The molecule has 276 valence electrons. The summed E-state index contributed by atoms with van der Waals surface area (Å²) < 4.78 is 7.98. The number of nitrogens with one attached hydrogen (secondary N) is 1. The number of carbonyl (C=O) groups excluding carboxylic acids is 4. The van der Waals surface area contributed by atoms with Crippen molar-refractivity contribution in [1.29, 1.82) is 0 Å². The van der Waals surface area contributed by atoms with Crippen molar-refractivity contribution >= 4 is 58.1 Å². The summed E-state index contributed by atoms with van der Waals surface area (Å²) in [6.45, 7) is 9.00. The van der Waals surface area contributed by atoms with E-state index in [1.807, 2.05) is 42.7 Å². The molecule has 7 rings (SSSR count). The molecule has 3 aliphatic heterocycles. The largest absolute Gasteiger partial charge is 0.483 e. The number of rotatable bonds is 8. The van der Waals surface area contributed by atoms with E-state index in [4.69, 9.17) is 21.3 Å². The number of hydrogen-bond donors (Lipinski definition) is 1. The molecule has 53 heavy (non-hydrogen) atoms. The van der Waals surface area contributed by atoms with Gasteiger partial charge in [-0.3, -0.25) is 33.7 Å². The number of urea groups is 1. The average Bonchev–Trinajstić information content (AvgIpc) is 3.62. The number of benzene rings is 2. The minimum atomic E-state index is -0.571. The highest BCUT2D eigenvalue weighted by molar-refractivity contribution is 7.15. The Balaban J connectivity index is 0.983. The maximum Gasteiger partial charge on any atom is 0.330 e. The summed E-state index contributed by atoms with van der Waals surface area (Å²) in [5, 5.41) is 13.7. The molecule has 1 atom stereocenters. The number of imide groups is 1. The third-order valence-corrected chi connectivity index (χ3v) is 11.7. The number of amides is 5. The number of ether oxygens (including phenoxy) is 1. The quantitative estimate of drug-likeness (QED) is 0.251. The van der Waals surface area contributed by atoms with Gasteiger partial charge in [-0.15, -0.1) is 21.5 Å². The van der Waals surface area contributed by atoms with E-state index in [0.29, 0.717) is 53.8 Å². The smallest absolute Gasteiger partial charge is 0.330 e. The average molecular weight is 757 g/mol. The third-order valence-electron chi connectivity index (χ3n) is 10.3. The van der Waals surface area contributed by atoms with Crippen molar-refractivity contribution in [2.75, 3.05) is 38.2 Å². The van der Waals surface area contributed by atoms with E-state index >= 15 is 0 Å². The monoisotopic (exact) mass is 756 g/mol. The van der Waals surface area contributed by atoms with Gasteiger partial charge < -0.3 is 15.0 Å². The molecule has 0 bridgehead atoms. The fourth-order valence-electron chi connectivity index (χ4n) is 7.13. The second kappa shape index (κ2) is 14.7. The predicted octanol–water partition coefficient (Wildman–Crippen LogP) is 5.47. The number of likely N-dealkylation sites (tertiary alicyclic amines) is 1. The van der Waals surface area contributed by atoms with Crippen molar-refractivity contribution in [1.82, 2.24) is 29.9 Å². The molecule has 3 aliphatic rings. The number of nitrogens with zero attached hydrogens (tertiary/aromatic N) is 7. The number of anilines is 1. The zero-order valence-electron chi connectivity index (χ0n) is 30.3. The van der Waals surface area contributed by atoms with Gasteiger partial charge in [0.1, 0.15) is 22.6 Å². The van der Waals surface area contributed by atoms with Crippen LogP contribution in [0, 0.1) is 27.7 Å². The van der Waals surface area contributed by atoms with E-state index in [0.717, 1.165) is 38.1 Å². The van der Waals surface area contributed by atoms with Crippen LogP contribution < -0.4 is 15.0 Å². The Morgan fingerprint density at radius 1 is 0.981 bits per heavy atom. The van der Waals surface area contributed by atoms with Crippen LogP contribution in [0.2, 0.25) is 5.02 Å². The van der Waals surface area contributed by atoms with Gasteiger partial charge in [-0.05, 0) is 70.4 Å². The maximum atomic E-state index is 13.6. The Bertz CT molecular complexity index is 2140. The van der Waals surface area contributed by atoms with Crippen LogP contribution in [0.4, 0.5) is 10.5 Å². The first-order valence-corrected chi connectivity index (χ1v) is 18.8. The summed E-state index contributed by atoms with van der Waals surface area (Å²) in [5.41, 5.74) is 5.19. The first-order valence-electron chi connectivity index (χ1n) is 17.6. The minimum Gasteiger partial charge on any atom is -0.483 e. The van der Waals surface area contributed by atoms with Crippen molar-refractivity contribution in [3.8, 4) is 10.8 Å². The van der Waals surface area contributed by atoms with E-state index in [1.54, 1.807) is 39.3 Å². The molecule has 1 N–H and O–H groups in total. The lowest BCUT2D eigenvalue weighted by Crippen LogP contribution is -2.50. The Hall–Kier alpha value is -5.08. The molecule has 0 radical (unpaired) electrons. The Morgan fingerprint density at radius 2 is 1.72 bits per heavy atom. The van der Waals surface area contributed by atoms with Gasteiger partial charge in [0.15, 0.2) is 12.4 Å². The minimum absolute atomic E-state index is 0.0865. The number of aryl methyl sites for hydroxylation is 2. The molecule has 2 saturated heterocycles. The van der Waals surface area contributed by atoms with Crippen LogP contribution >= 0.6 is 22.9 Å². The van der Waals surface area contributed by atoms with Gasteiger partial charge in [0, 0.05) is 65.7 Å². The van der Waals surface area contributed by atoms with Crippen molar-refractivity contribution in [3.05, 3.63) is 86.3 Å². The van der Waals surface area contributed by atoms with Gasteiger partial charge in [0.05, 0.1) is 17.8 Å². The fraction of sp³-hybridized carbons (Fsp3) is 0.395. The molecule has 4 aromatic rings. The number of aliphatic imine (C=N–C) groups is 1. The van der Waals surface area contributed by atoms with Crippen LogP contribution in [0.15, 0.2) is 47.5 Å². The molecule has 0 aliphatic carbocycles. The van der Waals surface area contributed by atoms with Crippen LogP contribution in [0.1, 0.15) is 70.5 Å². The summed E-state index contributed by atoms with van der Waals surface area (Å²) in [4.78, 5) is 62.3.